The third kappa shape index (κ3) is 17.6. The van der Waals surface area contributed by atoms with Gasteiger partial charge in [-0.2, -0.15) is 15.8 Å². The maximum atomic E-state index is 13.6. The number of rotatable bonds is 8. The number of ketones is 1. The second-order valence-corrected chi connectivity index (χ2v) is 23.7. The monoisotopic (exact) mass is 1250 g/mol. The molecule has 0 spiro atoms. The van der Waals surface area contributed by atoms with Crippen molar-refractivity contribution in [1.82, 2.24) is 0 Å². The zero-order valence-electron chi connectivity index (χ0n) is 51.4. The van der Waals surface area contributed by atoms with Crippen molar-refractivity contribution in [3.63, 3.8) is 0 Å². The summed E-state index contributed by atoms with van der Waals surface area (Å²) in [6.07, 6.45) is 9.54. The van der Waals surface area contributed by atoms with Gasteiger partial charge in [0.15, 0.2) is 5.78 Å². The number of halogens is 8. The summed E-state index contributed by atoms with van der Waals surface area (Å²) in [6, 6.07) is 42.9. The first-order valence-corrected chi connectivity index (χ1v) is 31.2. The van der Waals surface area contributed by atoms with Crippen molar-refractivity contribution in [2.75, 3.05) is 19.4 Å². The molecule has 0 aromatic heterocycles. The van der Waals surface area contributed by atoms with Crippen LogP contribution in [0.3, 0.4) is 0 Å². The van der Waals surface area contributed by atoms with Gasteiger partial charge < -0.3 is 10.5 Å². The fourth-order valence-electron chi connectivity index (χ4n) is 11.9. The zero-order valence-corrected chi connectivity index (χ0v) is 53.3. The van der Waals surface area contributed by atoms with Crippen LogP contribution in [0.4, 0.5) is 35.1 Å². The van der Waals surface area contributed by atoms with Crippen LogP contribution in [-0.4, -0.2) is 25.2 Å². The Hall–Kier alpha value is -7.77. The first kappa shape index (κ1) is 69.7. The molecule has 0 atom stereocenters. The van der Waals surface area contributed by atoms with Crippen LogP contribution >= 0.6 is 7.60 Å². The molecule has 0 unspecified atom stereocenters. The summed E-state index contributed by atoms with van der Waals surface area (Å²) in [7, 11) is -3.08. The Morgan fingerprint density at radius 2 is 0.733 bits per heavy atom. The summed E-state index contributed by atoms with van der Waals surface area (Å²) in [5.74, 6) is -3.06. The van der Waals surface area contributed by atoms with Crippen LogP contribution in [0, 0.1) is 80.5 Å². The molecule has 0 aliphatic heterocycles. The van der Waals surface area contributed by atoms with Crippen LogP contribution < -0.4 is 29.6 Å². The van der Waals surface area contributed by atoms with Gasteiger partial charge in [-0.3, -0.25) is 9.36 Å². The Bertz CT molecular complexity index is 3900. The summed E-state index contributed by atoms with van der Waals surface area (Å²) < 4.78 is 129. The van der Waals surface area contributed by atoms with E-state index in [1.807, 2.05) is 18.2 Å². The number of fused-ring (bicyclic) bond motifs is 8. The van der Waals surface area contributed by atoms with E-state index in [1.165, 1.54) is 102 Å². The molecule has 0 fully saturated rings. The van der Waals surface area contributed by atoms with Crippen molar-refractivity contribution in [2.45, 2.75) is 103 Å². The molecule has 0 saturated carbocycles. The number of nitrogens with zero attached hydrogens (tertiary/aromatic N) is 3. The van der Waals surface area contributed by atoms with Crippen LogP contribution in [0.5, 0.6) is 0 Å². The summed E-state index contributed by atoms with van der Waals surface area (Å²) in [6.45, 7) is 6.15. The predicted octanol–water partition coefficient (Wildman–Crippen LogP) is 15.3. The molecule has 17 heteroatoms. The zero-order chi connectivity index (χ0) is 63.8. The molecule has 0 amide bonds. The number of allylic oxidation sites excluding steroid dienone is 1. The predicted molar refractivity (Wildman–Crippen MR) is 328 cm³/mol. The number of nitriles is 3. The molecule has 8 aromatic carbocycles. The SMILES string of the molecule is CCCC1c2cc(F)ccc2CCc2ccc(F)cc21.CCOP(=O)(CC#N)OCC.N#CC=C1c2cc(F)ccc2CCc2ccc(F)cc21.N#CCC1c2cc(F)ccc2CCc2ccc(F)cc21.O=C1c2cc(F)ccc2CCc2ccc(F)cc21.[H-].[Na+]. The number of hydrogen-bond donors (Lipinski definition) is 0. The first-order valence-electron chi connectivity index (χ1n) is 29.4. The smallest absolute Gasteiger partial charge is 1.00 e. The Morgan fingerprint density at radius 3 is 1.03 bits per heavy atom. The van der Waals surface area contributed by atoms with Gasteiger partial charge in [-0.05, 0) is 247 Å². The van der Waals surface area contributed by atoms with E-state index in [-0.39, 0.29) is 96.1 Å². The molecule has 8 aromatic rings. The van der Waals surface area contributed by atoms with Crippen molar-refractivity contribution in [3.8, 4) is 18.2 Å². The molecule has 7 nitrogen and oxygen atoms in total. The molecule has 90 heavy (non-hydrogen) atoms. The molecule has 458 valence electrons. The van der Waals surface area contributed by atoms with Crippen LogP contribution in [0.25, 0.3) is 5.57 Å². The van der Waals surface area contributed by atoms with E-state index in [2.05, 4.69) is 13.0 Å². The standard InChI is InChI=1S/C18H18F2.C17H13F2N.C17H11F2N.C15H10F2O.C6H12NO3P.Na.H/c1-2-3-16-17-10-14(19)8-6-12(17)4-5-13-7-9-15(20)11-18(13)16;2*18-13-5-3-11-1-2-12-4-6-14(19)10-17(12)15(7-8-20)16(11)9-13;16-11-5-3-9-1-2-10-4-6-12(17)8-14(10)15(18)13(9)7-11;1-3-9-11(8,6-5-7)10-4-2;;/h6-11,16H,2-5H2,1H3;3-6,9-10,15H,1-2,7H2;3-7,9-10H,1-2H2;3-8H,1-2H2;3-4,6H2,1-2H3;;/q;;;;;+1;-1. The molecular weight excluding hydrogens is 1190 g/mol. The largest absolute Gasteiger partial charge is 1.00 e. The van der Waals surface area contributed by atoms with Crippen LogP contribution in [0.2, 0.25) is 0 Å². The van der Waals surface area contributed by atoms with Crippen molar-refractivity contribution in [2.24, 2.45) is 0 Å². The molecule has 0 bridgehead atoms. The fraction of sp³-hybridized carbons (Fsp3) is 0.260. The quantitative estimate of drug-likeness (QED) is 0.0642. The average Bonchev–Trinajstić information content (AvgIpc) is 1.88. The second kappa shape index (κ2) is 32.8. The number of hydrogen-bond acceptors (Lipinski definition) is 7. The minimum absolute atomic E-state index is 0. The number of carbonyl (C=O) groups is 1. The third-order valence-corrected chi connectivity index (χ3v) is 17.8. The van der Waals surface area contributed by atoms with Gasteiger partial charge in [-0.25, -0.2) is 35.1 Å². The Kier molecular flexibility index (Phi) is 25.4. The van der Waals surface area contributed by atoms with E-state index < -0.39 is 19.2 Å². The number of carbonyl (C=O) groups excluding carboxylic acids is 1. The molecule has 0 heterocycles. The maximum absolute atomic E-state index is 13.6. The minimum atomic E-state index is -3.08. The van der Waals surface area contributed by atoms with Crippen LogP contribution in [0.15, 0.2) is 152 Å². The fourth-order valence-corrected chi connectivity index (χ4v) is 13.1. The molecule has 0 saturated heterocycles. The average molecular weight is 1250 g/mol. The van der Waals surface area contributed by atoms with E-state index in [9.17, 15) is 44.5 Å². The summed E-state index contributed by atoms with van der Waals surface area (Å²) in [4.78, 5) is 12.3. The van der Waals surface area contributed by atoms with Gasteiger partial charge in [0.25, 0.3) is 0 Å². The topological polar surface area (TPSA) is 124 Å². The van der Waals surface area contributed by atoms with Gasteiger partial charge in [0.2, 0.25) is 0 Å². The summed E-state index contributed by atoms with van der Waals surface area (Å²) in [5, 5.41) is 26.3. The van der Waals surface area contributed by atoms with E-state index in [0.717, 1.165) is 107 Å². The molecule has 12 rings (SSSR count). The molecule has 4 aliphatic carbocycles. The normalized spacial score (nSPS) is 13.3. The summed E-state index contributed by atoms with van der Waals surface area (Å²) >= 11 is 0. The van der Waals surface area contributed by atoms with E-state index in [0.29, 0.717) is 53.9 Å². The second-order valence-electron chi connectivity index (χ2n) is 21.6. The molecule has 0 radical (unpaired) electrons. The van der Waals surface area contributed by atoms with Crippen molar-refractivity contribution in [1.29, 1.82) is 15.8 Å². The Labute approximate surface area is 544 Å². The van der Waals surface area contributed by atoms with Gasteiger partial charge in [-0.15, -0.1) is 0 Å². The van der Waals surface area contributed by atoms with Gasteiger partial charge in [0, 0.05) is 41.0 Å². The Morgan fingerprint density at radius 1 is 0.444 bits per heavy atom. The van der Waals surface area contributed by atoms with Gasteiger partial charge in [-0.1, -0.05) is 61.9 Å². The van der Waals surface area contributed by atoms with Crippen molar-refractivity contribution >= 4 is 19.0 Å². The van der Waals surface area contributed by atoms with Gasteiger partial charge in [0.1, 0.15) is 52.7 Å². The minimum Gasteiger partial charge on any atom is -1.00 e. The third-order valence-electron chi connectivity index (χ3n) is 15.9. The van der Waals surface area contributed by atoms with Gasteiger partial charge in [0.05, 0.1) is 31.4 Å². The maximum Gasteiger partial charge on any atom is 1.00 e. The molecule has 0 N–H and O–H groups in total. The Balaban J connectivity index is 0.000000182. The summed E-state index contributed by atoms with van der Waals surface area (Å²) in [5.41, 5.74) is 14.4. The van der Waals surface area contributed by atoms with E-state index in [1.54, 1.807) is 68.4 Å². The van der Waals surface area contributed by atoms with E-state index >= 15 is 0 Å². The van der Waals surface area contributed by atoms with Crippen LogP contribution in [0.1, 0.15) is 147 Å². The number of benzene rings is 8. The van der Waals surface area contributed by atoms with Crippen molar-refractivity contribution < 1.29 is 84.5 Å². The van der Waals surface area contributed by atoms with E-state index in [4.69, 9.17) is 24.8 Å². The molecular formula is C73H65F8N3NaO4P. The van der Waals surface area contributed by atoms with Crippen molar-refractivity contribution in [3.05, 3.63) is 287 Å². The molecule has 4 aliphatic rings. The van der Waals surface area contributed by atoms with Crippen LogP contribution in [-0.2, 0) is 65.0 Å². The number of aryl methyl sites for hydroxylation is 8. The van der Waals surface area contributed by atoms with Gasteiger partial charge >= 0.3 is 37.2 Å². The first-order chi connectivity index (χ1) is 42.9.